The first-order valence-electron chi connectivity index (χ1n) is 8.24. The van der Waals surface area contributed by atoms with Crippen LogP contribution in [0.5, 0.6) is 0 Å². The van der Waals surface area contributed by atoms with E-state index in [0.717, 1.165) is 24.2 Å². The van der Waals surface area contributed by atoms with Crippen molar-refractivity contribution in [1.29, 1.82) is 0 Å². The molecule has 1 aliphatic rings. The van der Waals surface area contributed by atoms with Gasteiger partial charge in [-0.25, -0.2) is 9.97 Å². The monoisotopic (exact) mass is 330 g/mol. The van der Waals surface area contributed by atoms with Gasteiger partial charge in [-0.3, -0.25) is 4.79 Å². The second-order valence-corrected chi connectivity index (χ2v) is 6.09. The van der Waals surface area contributed by atoms with Gasteiger partial charge < -0.3 is 10.6 Å². The number of anilines is 2. The second-order valence-electron chi connectivity index (χ2n) is 6.09. The molecule has 0 atom stereocenters. The molecular weight excluding hydrogens is 312 g/mol. The molecule has 0 fully saturated rings. The third-order valence-electron chi connectivity index (χ3n) is 4.49. The molecule has 25 heavy (non-hydrogen) atoms. The molecule has 0 bridgehead atoms. The van der Waals surface area contributed by atoms with Crippen molar-refractivity contribution in [3.8, 4) is 11.4 Å². The lowest BCUT2D eigenvalue weighted by atomic mass is 10.1. The molecule has 2 heterocycles. The Labute approximate surface area is 146 Å². The van der Waals surface area contributed by atoms with E-state index < -0.39 is 5.91 Å². The van der Waals surface area contributed by atoms with Gasteiger partial charge in [0.15, 0.2) is 5.82 Å². The summed E-state index contributed by atoms with van der Waals surface area (Å²) in [7, 11) is 0. The molecule has 2 aromatic carbocycles. The number of primary amides is 1. The van der Waals surface area contributed by atoms with Gasteiger partial charge in [-0.2, -0.15) is 0 Å². The zero-order valence-electron chi connectivity index (χ0n) is 13.9. The molecular formula is C20H18N4O. The number of amides is 1. The number of nitrogens with zero attached hydrogens (tertiary/aromatic N) is 3. The highest BCUT2D eigenvalue weighted by Gasteiger charge is 2.27. The minimum absolute atomic E-state index is 0.386. The molecule has 0 saturated carbocycles. The first kappa shape index (κ1) is 15.3. The van der Waals surface area contributed by atoms with Crippen molar-refractivity contribution in [2.75, 3.05) is 11.4 Å². The number of para-hydroxylation sites is 1. The highest BCUT2D eigenvalue weighted by atomic mass is 16.1. The van der Waals surface area contributed by atoms with E-state index in [2.05, 4.69) is 16.0 Å². The van der Waals surface area contributed by atoms with Crippen LogP contribution < -0.4 is 10.6 Å². The number of nitrogens with two attached hydrogens (primary N) is 1. The van der Waals surface area contributed by atoms with Crippen LogP contribution in [-0.4, -0.2) is 22.4 Å². The normalized spacial score (nSPS) is 12.9. The summed E-state index contributed by atoms with van der Waals surface area (Å²) in [5.41, 5.74) is 9.86. The van der Waals surface area contributed by atoms with Gasteiger partial charge in [-0.1, -0.05) is 48.5 Å². The fourth-order valence-electron chi connectivity index (χ4n) is 3.32. The van der Waals surface area contributed by atoms with Crippen LogP contribution in [0.4, 0.5) is 11.5 Å². The van der Waals surface area contributed by atoms with Gasteiger partial charge in [-0.05, 0) is 25.0 Å². The van der Waals surface area contributed by atoms with E-state index in [1.807, 2.05) is 48.5 Å². The number of hydrogen-bond donors (Lipinski definition) is 1. The average molecular weight is 330 g/mol. The Morgan fingerprint density at radius 1 is 1.04 bits per heavy atom. The Kier molecular flexibility index (Phi) is 3.69. The van der Waals surface area contributed by atoms with E-state index >= 15 is 0 Å². The number of carbonyl (C=O) groups excluding carboxylic acids is 1. The quantitative estimate of drug-likeness (QED) is 0.800. The van der Waals surface area contributed by atoms with Crippen molar-refractivity contribution in [2.24, 2.45) is 5.73 Å². The maximum atomic E-state index is 12.1. The fourth-order valence-corrected chi connectivity index (χ4v) is 3.32. The minimum Gasteiger partial charge on any atom is -0.365 e. The van der Waals surface area contributed by atoms with Gasteiger partial charge in [0.2, 0.25) is 0 Å². The first-order chi connectivity index (χ1) is 12.1. The summed E-state index contributed by atoms with van der Waals surface area (Å²) in [6, 6.07) is 17.9. The number of rotatable bonds is 3. The topological polar surface area (TPSA) is 72.1 Å². The molecule has 5 heteroatoms. The summed E-state index contributed by atoms with van der Waals surface area (Å²) >= 11 is 0. The van der Waals surface area contributed by atoms with E-state index in [1.54, 1.807) is 6.92 Å². The van der Waals surface area contributed by atoms with Crippen molar-refractivity contribution in [2.45, 2.75) is 13.3 Å². The van der Waals surface area contributed by atoms with Crippen molar-refractivity contribution in [1.82, 2.24) is 9.97 Å². The largest absolute Gasteiger partial charge is 0.365 e. The molecule has 0 unspecified atom stereocenters. The summed E-state index contributed by atoms with van der Waals surface area (Å²) in [4.78, 5) is 23.4. The predicted molar refractivity (Wildman–Crippen MR) is 97.9 cm³/mol. The number of fused-ring (bicyclic) bond motifs is 1. The van der Waals surface area contributed by atoms with Crippen LogP contribution in [0, 0.1) is 6.92 Å². The number of aromatic nitrogens is 2. The molecule has 124 valence electrons. The van der Waals surface area contributed by atoms with Gasteiger partial charge in [0.1, 0.15) is 11.4 Å². The molecule has 5 nitrogen and oxygen atoms in total. The van der Waals surface area contributed by atoms with Gasteiger partial charge in [0.25, 0.3) is 5.91 Å². The van der Waals surface area contributed by atoms with Crippen LogP contribution in [0.2, 0.25) is 0 Å². The summed E-state index contributed by atoms with van der Waals surface area (Å²) in [5.74, 6) is 0.683. The lowest BCUT2D eigenvalue weighted by Gasteiger charge is -2.22. The molecule has 1 aromatic heterocycles. The van der Waals surface area contributed by atoms with E-state index in [4.69, 9.17) is 10.7 Å². The zero-order valence-corrected chi connectivity index (χ0v) is 13.9. The molecule has 1 aliphatic heterocycles. The average Bonchev–Trinajstić information content (AvgIpc) is 3.05. The van der Waals surface area contributed by atoms with E-state index in [0.29, 0.717) is 22.9 Å². The molecule has 0 spiro atoms. The summed E-state index contributed by atoms with van der Waals surface area (Å²) in [6.07, 6.45) is 0.915. The Morgan fingerprint density at radius 3 is 2.52 bits per heavy atom. The molecule has 4 rings (SSSR count). The first-order valence-corrected chi connectivity index (χ1v) is 8.24. The highest BCUT2D eigenvalue weighted by Crippen LogP contribution is 2.36. The zero-order chi connectivity index (χ0) is 17.4. The summed E-state index contributed by atoms with van der Waals surface area (Å²) < 4.78 is 0. The number of hydrogen-bond acceptors (Lipinski definition) is 4. The van der Waals surface area contributed by atoms with Crippen LogP contribution in [0.3, 0.4) is 0 Å². The molecule has 0 aliphatic carbocycles. The van der Waals surface area contributed by atoms with Gasteiger partial charge in [0.05, 0.1) is 5.69 Å². The maximum absolute atomic E-state index is 12.1. The standard InChI is InChI=1S/C20H18N4O/c1-13-17(18(21)25)20(23-19(22-13)15-8-3-2-4-9-15)24-12-11-14-7-5-6-10-16(14)24/h2-10H,11-12H2,1H3,(H2,21,25). The van der Waals surface area contributed by atoms with Crippen LogP contribution in [0.25, 0.3) is 11.4 Å². The Bertz CT molecular complexity index is 953. The van der Waals surface area contributed by atoms with Crippen molar-refractivity contribution in [3.05, 3.63) is 71.4 Å². The van der Waals surface area contributed by atoms with E-state index in [1.165, 1.54) is 5.56 Å². The van der Waals surface area contributed by atoms with Crippen molar-refractivity contribution in [3.63, 3.8) is 0 Å². The van der Waals surface area contributed by atoms with E-state index in [-0.39, 0.29) is 0 Å². The minimum atomic E-state index is -0.503. The van der Waals surface area contributed by atoms with Crippen molar-refractivity contribution < 1.29 is 4.79 Å². The molecule has 0 radical (unpaired) electrons. The Hall–Kier alpha value is -3.21. The van der Waals surface area contributed by atoms with Crippen molar-refractivity contribution >= 4 is 17.4 Å². The number of carbonyl (C=O) groups is 1. The molecule has 1 amide bonds. The van der Waals surface area contributed by atoms with E-state index in [9.17, 15) is 4.79 Å². The third kappa shape index (κ3) is 2.63. The van der Waals surface area contributed by atoms with Gasteiger partial charge >= 0.3 is 0 Å². The fraction of sp³-hybridized carbons (Fsp3) is 0.150. The SMILES string of the molecule is Cc1nc(-c2ccccc2)nc(N2CCc3ccccc32)c1C(N)=O. The molecule has 2 N–H and O–H groups in total. The van der Waals surface area contributed by atoms with Crippen LogP contribution >= 0.6 is 0 Å². The van der Waals surface area contributed by atoms with Crippen LogP contribution in [0.15, 0.2) is 54.6 Å². The maximum Gasteiger partial charge on any atom is 0.254 e. The molecule has 0 saturated heterocycles. The second kappa shape index (κ2) is 6.02. The Balaban J connectivity index is 1.91. The number of benzene rings is 2. The van der Waals surface area contributed by atoms with Crippen LogP contribution in [-0.2, 0) is 6.42 Å². The predicted octanol–water partition coefficient (Wildman–Crippen LogP) is 3.25. The number of aryl methyl sites for hydroxylation is 1. The third-order valence-corrected chi connectivity index (χ3v) is 4.49. The highest BCUT2D eigenvalue weighted by molar-refractivity contribution is 6.00. The molecule has 3 aromatic rings. The lowest BCUT2D eigenvalue weighted by Crippen LogP contribution is -2.24. The summed E-state index contributed by atoms with van der Waals surface area (Å²) in [6.45, 7) is 2.57. The smallest absolute Gasteiger partial charge is 0.254 e. The van der Waals surface area contributed by atoms with Gasteiger partial charge in [0, 0.05) is 17.8 Å². The lowest BCUT2D eigenvalue weighted by molar-refractivity contribution is 0.0999. The Morgan fingerprint density at radius 2 is 1.76 bits per heavy atom. The summed E-state index contributed by atoms with van der Waals surface area (Å²) in [5, 5.41) is 0. The van der Waals surface area contributed by atoms with Gasteiger partial charge in [-0.15, -0.1) is 0 Å². The van der Waals surface area contributed by atoms with Crippen LogP contribution in [0.1, 0.15) is 21.6 Å².